The molecule has 0 aliphatic heterocycles. The van der Waals surface area contributed by atoms with E-state index in [4.69, 9.17) is 5.11 Å². The highest BCUT2D eigenvalue weighted by Gasteiger charge is 2.06. The Bertz CT molecular complexity index is 419. The first-order chi connectivity index (χ1) is 7.13. The quantitative estimate of drug-likeness (QED) is 0.440. The molecule has 0 aromatic carbocycles. The van der Waals surface area contributed by atoms with Gasteiger partial charge in [-0.1, -0.05) is 0 Å². The van der Waals surface area contributed by atoms with Crippen molar-refractivity contribution in [2.75, 3.05) is 13.2 Å². The zero-order chi connectivity index (χ0) is 11.3. The maximum atomic E-state index is 11.3. The Labute approximate surface area is 84.2 Å². The van der Waals surface area contributed by atoms with E-state index >= 15 is 0 Å². The average molecular weight is 213 g/mol. The fourth-order valence-corrected chi connectivity index (χ4v) is 0.967. The van der Waals surface area contributed by atoms with E-state index in [0.29, 0.717) is 6.42 Å². The lowest BCUT2D eigenvalue weighted by Gasteiger charge is -2.02. The number of aliphatic hydroxyl groups is 1. The first-order valence-corrected chi connectivity index (χ1v) is 4.36. The maximum absolute atomic E-state index is 11.3. The average Bonchev–Trinajstić information content (AvgIpc) is 2.16. The summed E-state index contributed by atoms with van der Waals surface area (Å²) >= 11 is 0. The number of amides is 1. The summed E-state index contributed by atoms with van der Waals surface area (Å²) in [5.41, 5.74) is -1.46. The largest absolute Gasteiger partial charge is 0.396 e. The molecule has 0 atom stereocenters. The zero-order valence-electron chi connectivity index (χ0n) is 7.87. The van der Waals surface area contributed by atoms with Crippen molar-refractivity contribution < 1.29 is 9.90 Å². The third-order valence-electron chi connectivity index (χ3n) is 1.63. The summed E-state index contributed by atoms with van der Waals surface area (Å²) in [6.07, 6.45) is 0.416. The Morgan fingerprint density at radius 3 is 2.73 bits per heavy atom. The highest BCUT2D eigenvalue weighted by molar-refractivity contribution is 5.91. The molecule has 0 spiro atoms. The fraction of sp³-hybridized carbons (Fsp3) is 0.375. The number of nitrogens with one attached hydrogen (secondary N) is 3. The summed E-state index contributed by atoms with van der Waals surface area (Å²) in [7, 11) is 0. The summed E-state index contributed by atoms with van der Waals surface area (Å²) in [6, 6.07) is 0.996. The van der Waals surface area contributed by atoms with Gasteiger partial charge >= 0.3 is 5.69 Å². The van der Waals surface area contributed by atoms with Crippen LogP contribution in [0.3, 0.4) is 0 Å². The highest BCUT2D eigenvalue weighted by atomic mass is 16.3. The lowest BCUT2D eigenvalue weighted by atomic mass is 10.3. The molecule has 82 valence electrons. The number of H-pyrrole nitrogens is 2. The van der Waals surface area contributed by atoms with Crippen molar-refractivity contribution in [2.24, 2.45) is 0 Å². The Hall–Kier alpha value is -1.89. The Balaban J connectivity index is 2.74. The number of aliphatic hydroxyl groups excluding tert-OH is 1. The van der Waals surface area contributed by atoms with Crippen molar-refractivity contribution >= 4 is 5.91 Å². The van der Waals surface area contributed by atoms with E-state index in [1.165, 1.54) is 0 Å². The normalized spacial score (nSPS) is 9.93. The molecule has 4 N–H and O–H groups in total. The number of carbonyl (C=O) groups is 1. The molecule has 1 rings (SSSR count). The van der Waals surface area contributed by atoms with Crippen molar-refractivity contribution in [3.05, 3.63) is 32.6 Å². The number of rotatable bonds is 4. The highest BCUT2D eigenvalue weighted by Crippen LogP contribution is 1.85. The van der Waals surface area contributed by atoms with Gasteiger partial charge in [-0.15, -0.1) is 0 Å². The van der Waals surface area contributed by atoms with Crippen LogP contribution in [0.25, 0.3) is 0 Å². The van der Waals surface area contributed by atoms with Gasteiger partial charge < -0.3 is 15.4 Å². The molecular formula is C8H11N3O4. The van der Waals surface area contributed by atoms with Crippen LogP contribution in [0.4, 0.5) is 0 Å². The number of carbonyl (C=O) groups excluding carboxylic acids is 1. The molecule has 7 heteroatoms. The molecule has 0 aliphatic rings. The first kappa shape index (κ1) is 11.2. The number of aromatic nitrogens is 2. The first-order valence-electron chi connectivity index (χ1n) is 4.36. The molecule has 7 nitrogen and oxygen atoms in total. The van der Waals surface area contributed by atoms with Crippen LogP contribution in [0.2, 0.25) is 0 Å². The SMILES string of the molecule is O=C(NCCCO)c1cc(=O)[nH]c(=O)[nH]1. The van der Waals surface area contributed by atoms with Crippen molar-refractivity contribution in [3.63, 3.8) is 0 Å². The van der Waals surface area contributed by atoms with Gasteiger partial charge in [0.15, 0.2) is 0 Å². The van der Waals surface area contributed by atoms with Crippen LogP contribution in [-0.4, -0.2) is 34.1 Å². The topological polar surface area (TPSA) is 115 Å². The van der Waals surface area contributed by atoms with Crippen LogP contribution < -0.4 is 16.6 Å². The molecule has 0 saturated carbocycles. The van der Waals surface area contributed by atoms with Crippen molar-refractivity contribution in [1.82, 2.24) is 15.3 Å². The smallest absolute Gasteiger partial charge is 0.326 e. The lowest BCUT2D eigenvalue weighted by molar-refractivity contribution is 0.0945. The molecule has 1 heterocycles. The van der Waals surface area contributed by atoms with Crippen molar-refractivity contribution in [3.8, 4) is 0 Å². The van der Waals surface area contributed by atoms with Crippen molar-refractivity contribution in [1.29, 1.82) is 0 Å². The summed E-state index contributed by atoms with van der Waals surface area (Å²) < 4.78 is 0. The number of hydrogen-bond donors (Lipinski definition) is 4. The predicted molar refractivity (Wildman–Crippen MR) is 51.7 cm³/mol. The minimum atomic E-state index is -0.727. The molecule has 15 heavy (non-hydrogen) atoms. The second-order valence-electron chi connectivity index (χ2n) is 2.83. The second-order valence-corrected chi connectivity index (χ2v) is 2.83. The van der Waals surface area contributed by atoms with Crippen LogP contribution in [0, 0.1) is 0 Å². The van der Waals surface area contributed by atoms with Gasteiger partial charge in [0.25, 0.3) is 11.5 Å². The van der Waals surface area contributed by atoms with Gasteiger partial charge in [0.05, 0.1) is 0 Å². The standard InChI is InChI=1S/C8H11N3O4/c12-3-1-2-9-7(14)5-4-6(13)11-8(15)10-5/h4,12H,1-3H2,(H,9,14)(H2,10,11,13,15). The van der Waals surface area contributed by atoms with Crippen LogP contribution in [0.5, 0.6) is 0 Å². The van der Waals surface area contributed by atoms with E-state index in [0.717, 1.165) is 6.07 Å². The lowest BCUT2D eigenvalue weighted by Crippen LogP contribution is -2.31. The molecule has 0 bridgehead atoms. The van der Waals surface area contributed by atoms with E-state index in [1.807, 2.05) is 4.98 Å². The van der Waals surface area contributed by atoms with Gasteiger partial charge in [-0.2, -0.15) is 0 Å². The summed E-state index contributed by atoms with van der Waals surface area (Å²) in [6.45, 7) is 0.246. The van der Waals surface area contributed by atoms with Gasteiger partial charge in [-0.3, -0.25) is 14.6 Å². The molecule has 1 aromatic rings. The van der Waals surface area contributed by atoms with Gasteiger partial charge in [0.2, 0.25) is 0 Å². The van der Waals surface area contributed by atoms with Crippen LogP contribution >= 0.6 is 0 Å². The molecule has 0 unspecified atom stereocenters. The summed E-state index contributed by atoms with van der Waals surface area (Å²) in [5.74, 6) is -0.549. The van der Waals surface area contributed by atoms with E-state index in [1.54, 1.807) is 0 Å². The Morgan fingerprint density at radius 1 is 1.40 bits per heavy atom. The molecular weight excluding hydrogens is 202 g/mol. The second kappa shape index (κ2) is 5.11. The van der Waals surface area contributed by atoms with Gasteiger partial charge in [0.1, 0.15) is 5.69 Å². The Kier molecular flexibility index (Phi) is 3.81. The third-order valence-corrected chi connectivity index (χ3v) is 1.63. The molecule has 0 fully saturated rings. The monoisotopic (exact) mass is 213 g/mol. The van der Waals surface area contributed by atoms with Crippen LogP contribution in [-0.2, 0) is 0 Å². The van der Waals surface area contributed by atoms with E-state index in [2.05, 4.69) is 10.3 Å². The van der Waals surface area contributed by atoms with E-state index in [-0.39, 0.29) is 18.8 Å². The van der Waals surface area contributed by atoms with E-state index in [9.17, 15) is 14.4 Å². The summed E-state index contributed by atoms with van der Waals surface area (Å²) in [4.78, 5) is 37.1. The number of aromatic amines is 2. The van der Waals surface area contributed by atoms with Crippen LogP contribution in [0.15, 0.2) is 15.7 Å². The van der Waals surface area contributed by atoms with Gasteiger partial charge in [0, 0.05) is 19.2 Å². The minimum Gasteiger partial charge on any atom is -0.396 e. The number of hydrogen-bond acceptors (Lipinski definition) is 4. The predicted octanol–water partition coefficient (Wildman–Crippen LogP) is -1.82. The molecule has 1 aromatic heterocycles. The molecule has 1 amide bonds. The van der Waals surface area contributed by atoms with Crippen molar-refractivity contribution in [2.45, 2.75) is 6.42 Å². The Morgan fingerprint density at radius 2 is 2.13 bits per heavy atom. The molecule has 0 radical (unpaired) electrons. The summed E-state index contributed by atoms with van der Waals surface area (Å²) in [5, 5.41) is 10.9. The zero-order valence-corrected chi connectivity index (χ0v) is 7.87. The van der Waals surface area contributed by atoms with Gasteiger partial charge in [-0.05, 0) is 6.42 Å². The minimum absolute atomic E-state index is 0.0355. The fourth-order valence-electron chi connectivity index (χ4n) is 0.967. The third kappa shape index (κ3) is 3.39. The maximum Gasteiger partial charge on any atom is 0.326 e. The van der Waals surface area contributed by atoms with Gasteiger partial charge in [-0.25, -0.2) is 4.79 Å². The molecule has 0 aliphatic carbocycles. The van der Waals surface area contributed by atoms with Crippen LogP contribution in [0.1, 0.15) is 16.9 Å². The van der Waals surface area contributed by atoms with E-state index < -0.39 is 17.2 Å². The molecule has 0 saturated heterocycles.